The molecular weight excluding hydrogens is 246 g/mol. The number of rotatable bonds is 2. The highest BCUT2D eigenvalue weighted by Gasteiger charge is 2.28. The molecule has 1 aliphatic rings. The zero-order valence-electron chi connectivity index (χ0n) is 10.7. The molecule has 100 valence electrons. The number of likely N-dealkylation sites (tertiary alicyclic amines) is 1. The lowest BCUT2D eigenvalue weighted by Crippen LogP contribution is -2.39. The maximum absolute atomic E-state index is 12.2. The lowest BCUT2D eigenvalue weighted by molar-refractivity contribution is 0.0703. The SMILES string of the molecule is Cc1nc([C@@H]2CCCN(C(=O)c3ccoc3)C2)no1. The van der Waals surface area contributed by atoms with Crippen molar-refractivity contribution in [3.8, 4) is 0 Å². The van der Waals surface area contributed by atoms with E-state index in [0.717, 1.165) is 19.4 Å². The summed E-state index contributed by atoms with van der Waals surface area (Å²) in [6.07, 6.45) is 4.91. The predicted molar refractivity (Wildman–Crippen MR) is 65.6 cm³/mol. The smallest absolute Gasteiger partial charge is 0.257 e. The monoisotopic (exact) mass is 261 g/mol. The fourth-order valence-corrected chi connectivity index (χ4v) is 2.42. The van der Waals surface area contributed by atoms with Gasteiger partial charge in [0, 0.05) is 25.9 Å². The number of piperidine rings is 1. The molecule has 0 bridgehead atoms. The summed E-state index contributed by atoms with van der Waals surface area (Å²) in [4.78, 5) is 18.3. The van der Waals surface area contributed by atoms with Crippen molar-refractivity contribution in [2.45, 2.75) is 25.7 Å². The first-order chi connectivity index (χ1) is 9.24. The van der Waals surface area contributed by atoms with Crippen molar-refractivity contribution in [1.29, 1.82) is 0 Å². The molecule has 2 aromatic rings. The Hall–Kier alpha value is -2.11. The number of hydrogen-bond acceptors (Lipinski definition) is 5. The topological polar surface area (TPSA) is 72.4 Å². The lowest BCUT2D eigenvalue weighted by atomic mass is 9.97. The first-order valence-electron chi connectivity index (χ1n) is 6.35. The fraction of sp³-hybridized carbons (Fsp3) is 0.462. The van der Waals surface area contributed by atoms with Crippen molar-refractivity contribution in [2.75, 3.05) is 13.1 Å². The van der Waals surface area contributed by atoms with Crippen molar-refractivity contribution in [3.63, 3.8) is 0 Å². The van der Waals surface area contributed by atoms with Gasteiger partial charge in [0.15, 0.2) is 5.82 Å². The van der Waals surface area contributed by atoms with Gasteiger partial charge < -0.3 is 13.8 Å². The standard InChI is InChI=1S/C13H15N3O3/c1-9-14-12(15-19-9)10-3-2-5-16(7-10)13(17)11-4-6-18-8-11/h4,6,8,10H,2-3,5,7H2,1H3/t10-/m1/s1. The van der Waals surface area contributed by atoms with E-state index in [-0.39, 0.29) is 11.8 Å². The molecule has 1 amide bonds. The average molecular weight is 261 g/mol. The van der Waals surface area contributed by atoms with Crippen molar-refractivity contribution in [1.82, 2.24) is 15.0 Å². The number of nitrogens with zero attached hydrogens (tertiary/aromatic N) is 3. The first kappa shape index (κ1) is 12.0. The third-order valence-electron chi connectivity index (χ3n) is 3.39. The van der Waals surface area contributed by atoms with Crippen molar-refractivity contribution >= 4 is 5.91 Å². The van der Waals surface area contributed by atoms with Gasteiger partial charge in [0.25, 0.3) is 5.91 Å². The van der Waals surface area contributed by atoms with Crippen molar-refractivity contribution in [2.24, 2.45) is 0 Å². The Morgan fingerprint density at radius 1 is 1.53 bits per heavy atom. The summed E-state index contributed by atoms with van der Waals surface area (Å²) >= 11 is 0. The number of aryl methyl sites for hydroxylation is 1. The maximum atomic E-state index is 12.2. The molecule has 0 radical (unpaired) electrons. The summed E-state index contributed by atoms with van der Waals surface area (Å²) < 4.78 is 9.96. The minimum absolute atomic E-state index is 0.00123. The highest BCUT2D eigenvalue weighted by atomic mass is 16.5. The Labute approximate surface area is 110 Å². The second kappa shape index (κ2) is 4.87. The van der Waals surface area contributed by atoms with Crippen molar-refractivity contribution in [3.05, 3.63) is 35.9 Å². The van der Waals surface area contributed by atoms with E-state index in [1.165, 1.54) is 12.5 Å². The first-order valence-corrected chi connectivity index (χ1v) is 6.35. The Morgan fingerprint density at radius 3 is 3.11 bits per heavy atom. The minimum atomic E-state index is -0.00123. The molecule has 1 saturated heterocycles. The normalized spacial score (nSPS) is 19.6. The van der Waals surface area contributed by atoms with E-state index >= 15 is 0 Å². The Morgan fingerprint density at radius 2 is 2.42 bits per heavy atom. The summed E-state index contributed by atoms with van der Waals surface area (Å²) in [6, 6.07) is 1.68. The maximum Gasteiger partial charge on any atom is 0.257 e. The second-order valence-corrected chi connectivity index (χ2v) is 4.77. The van der Waals surface area contributed by atoms with Gasteiger partial charge in [-0.1, -0.05) is 5.16 Å². The van der Waals surface area contributed by atoms with Gasteiger partial charge in [-0.3, -0.25) is 4.79 Å². The zero-order chi connectivity index (χ0) is 13.2. The van der Waals surface area contributed by atoms with Crippen LogP contribution in [0.25, 0.3) is 0 Å². The second-order valence-electron chi connectivity index (χ2n) is 4.77. The van der Waals surface area contributed by atoms with Crippen LogP contribution in [0.15, 0.2) is 27.5 Å². The summed E-state index contributed by atoms with van der Waals surface area (Å²) in [6.45, 7) is 3.16. The minimum Gasteiger partial charge on any atom is -0.472 e. The van der Waals surface area contributed by atoms with Gasteiger partial charge in [-0.25, -0.2) is 0 Å². The van der Waals surface area contributed by atoms with Crippen LogP contribution in [0.1, 0.15) is 40.8 Å². The van der Waals surface area contributed by atoms with Crippen LogP contribution in [0.4, 0.5) is 0 Å². The molecule has 1 atom stereocenters. The third kappa shape index (κ3) is 2.38. The average Bonchev–Trinajstić information content (AvgIpc) is 3.09. The van der Waals surface area contributed by atoms with Crippen LogP contribution in [-0.4, -0.2) is 34.0 Å². The number of amides is 1. The predicted octanol–water partition coefficient (Wildman–Crippen LogP) is 1.99. The molecule has 2 aromatic heterocycles. The number of carbonyl (C=O) groups excluding carboxylic acids is 1. The Balaban J connectivity index is 1.73. The molecule has 19 heavy (non-hydrogen) atoms. The molecule has 0 aromatic carbocycles. The molecule has 6 heteroatoms. The largest absolute Gasteiger partial charge is 0.472 e. The van der Waals surface area contributed by atoms with Gasteiger partial charge in [-0.2, -0.15) is 4.98 Å². The van der Waals surface area contributed by atoms with E-state index in [9.17, 15) is 4.79 Å². The summed E-state index contributed by atoms with van der Waals surface area (Å²) in [5.41, 5.74) is 0.588. The zero-order valence-corrected chi connectivity index (χ0v) is 10.7. The van der Waals surface area contributed by atoms with Crippen LogP contribution in [0.5, 0.6) is 0 Å². The van der Waals surface area contributed by atoms with Gasteiger partial charge in [-0.15, -0.1) is 0 Å². The van der Waals surface area contributed by atoms with Gasteiger partial charge in [0.2, 0.25) is 5.89 Å². The van der Waals surface area contributed by atoms with Gasteiger partial charge >= 0.3 is 0 Å². The molecule has 0 N–H and O–H groups in total. The number of hydrogen-bond donors (Lipinski definition) is 0. The van der Waals surface area contributed by atoms with Crippen LogP contribution in [-0.2, 0) is 0 Å². The molecule has 1 fully saturated rings. The van der Waals surface area contributed by atoms with E-state index in [4.69, 9.17) is 8.94 Å². The molecular formula is C13H15N3O3. The van der Waals surface area contributed by atoms with E-state index in [1.807, 2.05) is 4.90 Å². The van der Waals surface area contributed by atoms with Gasteiger partial charge in [0.1, 0.15) is 6.26 Å². The Bertz CT molecular complexity index is 561. The van der Waals surface area contributed by atoms with E-state index < -0.39 is 0 Å². The van der Waals surface area contributed by atoms with Crippen LogP contribution < -0.4 is 0 Å². The van der Waals surface area contributed by atoms with Gasteiger partial charge in [-0.05, 0) is 18.9 Å². The molecule has 1 aliphatic heterocycles. The summed E-state index contributed by atoms with van der Waals surface area (Å²) in [5.74, 6) is 1.41. The molecule has 0 spiro atoms. The number of aromatic nitrogens is 2. The fourth-order valence-electron chi connectivity index (χ4n) is 2.42. The Kier molecular flexibility index (Phi) is 3.06. The summed E-state index contributed by atoms with van der Waals surface area (Å²) in [5, 5.41) is 3.95. The molecule has 3 rings (SSSR count). The molecule has 0 aliphatic carbocycles. The van der Waals surface area contributed by atoms with Crippen LogP contribution in [0.2, 0.25) is 0 Å². The molecule has 6 nitrogen and oxygen atoms in total. The van der Waals surface area contributed by atoms with Crippen LogP contribution in [0, 0.1) is 6.92 Å². The van der Waals surface area contributed by atoms with Crippen LogP contribution in [0.3, 0.4) is 0 Å². The number of carbonyl (C=O) groups is 1. The van der Waals surface area contributed by atoms with E-state index in [0.29, 0.717) is 23.8 Å². The molecule has 0 unspecified atom stereocenters. The number of furan rings is 1. The van der Waals surface area contributed by atoms with E-state index in [2.05, 4.69) is 10.1 Å². The van der Waals surface area contributed by atoms with Gasteiger partial charge in [0.05, 0.1) is 11.8 Å². The highest BCUT2D eigenvalue weighted by molar-refractivity contribution is 5.93. The van der Waals surface area contributed by atoms with Crippen molar-refractivity contribution < 1.29 is 13.7 Å². The molecule has 0 saturated carbocycles. The highest BCUT2D eigenvalue weighted by Crippen LogP contribution is 2.25. The third-order valence-corrected chi connectivity index (χ3v) is 3.39. The van der Waals surface area contributed by atoms with Crippen LogP contribution >= 0.6 is 0 Å². The quantitative estimate of drug-likeness (QED) is 0.826. The summed E-state index contributed by atoms with van der Waals surface area (Å²) in [7, 11) is 0. The van der Waals surface area contributed by atoms with E-state index in [1.54, 1.807) is 13.0 Å². The molecule has 3 heterocycles. The lowest BCUT2D eigenvalue weighted by Gasteiger charge is -2.30.